The lowest BCUT2D eigenvalue weighted by Crippen LogP contribution is -2.16. The molecule has 3 rings (SSSR count). The molecular formula is C10H8ClN3O3. The third-order valence-corrected chi connectivity index (χ3v) is 3.09. The van der Waals surface area contributed by atoms with Crippen LogP contribution in [0.1, 0.15) is 5.82 Å². The topological polar surface area (TPSA) is 70.2 Å². The molecule has 0 spiro atoms. The van der Waals surface area contributed by atoms with Crippen LogP contribution in [-0.2, 0) is 17.9 Å². The molecule has 1 aromatic carbocycles. The lowest BCUT2D eigenvalue weighted by atomic mass is 10.2. The summed E-state index contributed by atoms with van der Waals surface area (Å²) in [7, 11) is 0. The predicted molar refractivity (Wildman–Crippen MR) is 61.1 cm³/mol. The molecule has 2 heterocycles. The summed E-state index contributed by atoms with van der Waals surface area (Å²) in [5.41, 5.74) is 1.31. The minimum Gasteiger partial charge on any atom is -0.372 e. The molecule has 0 unspecified atom stereocenters. The number of benzene rings is 1. The van der Waals surface area contributed by atoms with Crippen LogP contribution in [-0.4, -0.2) is 21.1 Å². The minimum absolute atomic E-state index is 0.0895. The first kappa shape index (κ1) is 10.5. The molecular weight excluding hydrogens is 246 g/mol. The predicted octanol–water partition coefficient (Wildman–Crippen LogP) is 2.13. The van der Waals surface area contributed by atoms with Gasteiger partial charge in [0, 0.05) is 12.6 Å². The zero-order valence-electron chi connectivity index (χ0n) is 8.72. The van der Waals surface area contributed by atoms with Gasteiger partial charge in [0.15, 0.2) is 0 Å². The number of nitro benzene ring substituents is 1. The number of nitrogens with zero attached hydrogens (tertiary/aromatic N) is 3. The molecule has 0 radical (unpaired) electrons. The quantitative estimate of drug-likeness (QED) is 0.577. The van der Waals surface area contributed by atoms with Crippen molar-refractivity contribution in [3.8, 4) is 0 Å². The Hall–Kier alpha value is -1.66. The molecule has 0 saturated carbocycles. The van der Waals surface area contributed by atoms with E-state index in [1.165, 1.54) is 12.1 Å². The highest BCUT2D eigenvalue weighted by Gasteiger charge is 2.20. The first-order chi connectivity index (χ1) is 8.16. The van der Waals surface area contributed by atoms with Crippen LogP contribution in [0.4, 0.5) is 5.69 Å². The molecule has 88 valence electrons. The molecule has 0 bridgehead atoms. The summed E-state index contributed by atoms with van der Waals surface area (Å²) in [6.45, 7) is 1.68. The molecule has 17 heavy (non-hydrogen) atoms. The molecule has 0 saturated heterocycles. The first-order valence-electron chi connectivity index (χ1n) is 5.07. The highest BCUT2D eigenvalue weighted by Crippen LogP contribution is 2.30. The van der Waals surface area contributed by atoms with E-state index in [1.54, 1.807) is 0 Å². The van der Waals surface area contributed by atoms with Crippen molar-refractivity contribution in [2.24, 2.45) is 0 Å². The van der Waals surface area contributed by atoms with Gasteiger partial charge in [-0.1, -0.05) is 11.6 Å². The molecule has 1 aromatic heterocycles. The number of rotatable bonds is 1. The number of imidazole rings is 1. The third kappa shape index (κ3) is 1.57. The number of hydrogen-bond acceptors (Lipinski definition) is 4. The van der Waals surface area contributed by atoms with Crippen LogP contribution in [0.15, 0.2) is 12.1 Å². The van der Waals surface area contributed by atoms with Gasteiger partial charge in [0.1, 0.15) is 17.5 Å². The number of aromatic nitrogens is 2. The van der Waals surface area contributed by atoms with E-state index in [0.29, 0.717) is 25.3 Å². The summed E-state index contributed by atoms with van der Waals surface area (Å²) in [5, 5.41) is 10.9. The van der Waals surface area contributed by atoms with Gasteiger partial charge in [-0.2, -0.15) is 0 Å². The van der Waals surface area contributed by atoms with E-state index >= 15 is 0 Å². The Balaban J connectivity index is 2.29. The van der Waals surface area contributed by atoms with Gasteiger partial charge in [-0.3, -0.25) is 10.1 Å². The second-order valence-electron chi connectivity index (χ2n) is 3.78. The number of nitro groups is 1. The molecule has 0 N–H and O–H groups in total. The minimum atomic E-state index is -0.485. The van der Waals surface area contributed by atoms with Crippen LogP contribution in [0, 0.1) is 10.1 Å². The number of fused-ring (bicyclic) bond motifs is 3. The van der Waals surface area contributed by atoms with Gasteiger partial charge in [-0.05, 0) is 6.07 Å². The van der Waals surface area contributed by atoms with E-state index in [-0.39, 0.29) is 10.7 Å². The number of halogens is 1. The fourth-order valence-electron chi connectivity index (χ4n) is 2.00. The Labute approximate surface area is 101 Å². The number of hydrogen-bond donors (Lipinski definition) is 0. The van der Waals surface area contributed by atoms with Crippen LogP contribution in [0.3, 0.4) is 0 Å². The first-order valence-corrected chi connectivity index (χ1v) is 5.45. The van der Waals surface area contributed by atoms with Gasteiger partial charge in [0.05, 0.1) is 22.6 Å². The number of ether oxygens (including phenoxy) is 1. The van der Waals surface area contributed by atoms with Crippen molar-refractivity contribution < 1.29 is 9.66 Å². The highest BCUT2D eigenvalue weighted by molar-refractivity contribution is 6.33. The molecule has 0 atom stereocenters. The maximum Gasteiger partial charge on any atom is 0.290 e. The van der Waals surface area contributed by atoms with Crippen molar-refractivity contribution in [3.05, 3.63) is 33.1 Å². The Morgan fingerprint density at radius 1 is 1.53 bits per heavy atom. The smallest absolute Gasteiger partial charge is 0.290 e. The SMILES string of the molecule is O=[N+]([O-])c1cc2c(cc1Cl)nc1n2CCOC1. The van der Waals surface area contributed by atoms with E-state index in [4.69, 9.17) is 16.3 Å². The summed E-state index contributed by atoms with van der Waals surface area (Å²) >= 11 is 5.84. The second kappa shape index (κ2) is 3.68. The van der Waals surface area contributed by atoms with Crippen molar-refractivity contribution in [1.82, 2.24) is 9.55 Å². The maximum absolute atomic E-state index is 10.8. The van der Waals surface area contributed by atoms with E-state index < -0.39 is 4.92 Å². The Bertz CT molecular complexity index is 623. The van der Waals surface area contributed by atoms with Crippen LogP contribution < -0.4 is 0 Å². The Kier molecular flexibility index (Phi) is 2.27. The Morgan fingerprint density at radius 2 is 2.35 bits per heavy atom. The van der Waals surface area contributed by atoms with Gasteiger partial charge in [-0.25, -0.2) is 4.98 Å². The van der Waals surface area contributed by atoms with Gasteiger partial charge in [0.2, 0.25) is 0 Å². The maximum atomic E-state index is 10.8. The van der Waals surface area contributed by atoms with Crippen molar-refractivity contribution >= 4 is 28.3 Å². The van der Waals surface area contributed by atoms with Crippen molar-refractivity contribution in [2.75, 3.05) is 6.61 Å². The van der Waals surface area contributed by atoms with E-state index in [9.17, 15) is 10.1 Å². The fourth-order valence-corrected chi connectivity index (χ4v) is 2.23. The van der Waals surface area contributed by atoms with Crippen molar-refractivity contribution in [2.45, 2.75) is 13.2 Å². The summed E-state index contributed by atoms with van der Waals surface area (Å²) in [6.07, 6.45) is 0. The normalized spacial score (nSPS) is 14.9. The zero-order chi connectivity index (χ0) is 12.0. The molecule has 2 aromatic rings. The van der Waals surface area contributed by atoms with E-state index in [1.807, 2.05) is 4.57 Å². The summed E-state index contributed by atoms with van der Waals surface area (Å²) in [5.74, 6) is 0.780. The highest BCUT2D eigenvalue weighted by atomic mass is 35.5. The third-order valence-electron chi connectivity index (χ3n) is 2.78. The Morgan fingerprint density at radius 3 is 3.12 bits per heavy atom. The average Bonchev–Trinajstić information content (AvgIpc) is 2.64. The molecule has 1 aliphatic heterocycles. The van der Waals surface area contributed by atoms with Gasteiger partial charge < -0.3 is 9.30 Å². The lowest BCUT2D eigenvalue weighted by molar-refractivity contribution is -0.384. The molecule has 0 fully saturated rings. The monoisotopic (exact) mass is 253 g/mol. The molecule has 6 nitrogen and oxygen atoms in total. The second-order valence-corrected chi connectivity index (χ2v) is 4.19. The zero-order valence-corrected chi connectivity index (χ0v) is 9.48. The van der Waals surface area contributed by atoms with E-state index in [0.717, 1.165) is 11.3 Å². The van der Waals surface area contributed by atoms with Crippen LogP contribution in [0.25, 0.3) is 11.0 Å². The summed E-state index contributed by atoms with van der Waals surface area (Å²) in [6, 6.07) is 3.00. The molecule has 1 aliphatic rings. The van der Waals surface area contributed by atoms with Crippen LogP contribution >= 0.6 is 11.6 Å². The van der Waals surface area contributed by atoms with Crippen LogP contribution in [0.2, 0.25) is 5.02 Å². The van der Waals surface area contributed by atoms with Crippen molar-refractivity contribution in [1.29, 1.82) is 0 Å². The standard InChI is InChI=1S/C10H8ClN3O3/c11-6-3-7-9(4-8(6)14(15)16)13-1-2-17-5-10(13)12-7/h3-4H,1-2,5H2. The van der Waals surface area contributed by atoms with Crippen LogP contribution in [0.5, 0.6) is 0 Å². The summed E-state index contributed by atoms with van der Waals surface area (Å²) in [4.78, 5) is 14.7. The average molecular weight is 254 g/mol. The van der Waals surface area contributed by atoms with E-state index in [2.05, 4.69) is 4.98 Å². The van der Waals surface area contributed by atoms with Gasteiger partial charge in [-0.15, -0.1) is 0 Å². The molecule has 0 aliphatic carbocycles. The van der Waals surface area contributed by atoms with Gasteiger partial charge >= 0.3 is 0 Å². The molecule has 0 amide bonds. The van der Waals surface area contributed by atoms with Gasteiger partial charge in [0.25, 0.3) is 5.69 Å². The van der Waals surface area contributed by atoms with Crippen molar-refractivity contribution in [3.63, 3.8) is 0 Å². The summed E-state index contributed by atoms with van der Waals surface area (Å²) < 4.78 is 7.22. The lowest BCUT2D eigenvalue weighted by Gasteiger charge is -2.14. The fraction of sp³-hybridized carbons (Fsp3) is 0.300. The molecule has 7 heteroatoms. The largest absolute Gasteiger partial charge is 0.372 e.